The highest BCUT2D eigenvalue weighted by atomic mass is 35.5. The van der Waals surface area contributed by atoms with Crippen LogP contribution >= 0.6 is 11.6 Å². The van der Waals surface area contributed by atoms with Gasteiger partial charge in [-0.3, -0.25) is 9.69 Å². The number of anilines is 1. The van der Waals surface area contributed by atoms with Gasteiger partial charge in [0, 0.05) is 37.3 Å². The molecule has 4 rings (SSSR count). The highest BCUT2D eigenvalue weighted by Crippen LogP contribution is 2.29. The van der Waals surface area contributed by atoms with Crippen LogP contribution in [-0.4, -0.2) is 76.2 Å². The topological polar surface area (TPSA) is 118 Å². The Labute approximate surface area is 217 Å². The molecule has 0 bridgehead atoms. The molecule has 3 heterocycles. The van der Waals surface area contributed by atoms with Crippen molar-refractivity contribution in [3.63, 3.8) is 0 Å². The van der Waals surface area contributed by atoms with Crippen LogP contribution in [0.25, 0.3) is 11.4 Å². The van der Waals surface area contributed by atoms with Crippen molar-refractivity contribution in [2.45, 2.75) is 25.9 Å². The van der Waals surface area contributed by atoms with Crippen LogP contribution in [0.15, 0.2) is 36.5 Å². The Morgan fingerprint density at radius 3 is 2.86 bits per heavy atom. The lowest BCUT2D eigenvalue weighted by Gasteiger charge is -2.33. The van der Waals surface area contributed by atoms with Gasteiger partial charge in [-0.15, -0.1) is 0 Å². The summed E-state index contributed by atoms with van der Waals surface area (Å²) >= 11 is 6.00. The predicted octanol–water partition coefficient (Wildman–Crippen LogP) is 3.20. The molecule has 0 amide bonds. The first-order valence-corrected chi connectivity index (χ1v) is 12.1. The van der Waals surface area contributed by atoms with Gasteiger partial charge in [0.2, 0.25) is 5.95 Å². The van der Waals surface area contributed by atoms with Gasteiger partial charge in [-0.1, -0.05) is 29.8 Å². The van der Waals surface area contributed by atoms with E-state index in [4.69, 9.17) is 31.5 Å². The average Bonchev–Trinajstić information content (AvgIpc) is 3.29. The van der Waals surface area contributed by atoms with Crippen molar-refractivity contribution >= 4 is 23.5 Å². The Balaban J connectivity index is 1.51. The van der Waals surface area contributed by atoms with E-state index in [2.05, 4.69) is 15.1 Å². The fraction of sp³-hybridized carbons (Fsp3) is 0.417. The van der Waals surface area contributed by atoms with Crippen LogP contribution in [-0.2, 0) is 20.7 Å². The zero-order valence-electron chi connectivity index (χ0n) is 20.1. The highest BCUT2D eigenvalue weighted by molar-refractivity contribution is 6.29. The van der Waals surface area contributed by atoms with Crippen molar-refractivity contribution in [3.8, 4) is 17.1 Å². The first-order valence-electron chi connectivity index (χ1n) is 11.7. The predicted molar refractivity (Wildman–Crippen MR) is 131 cm³/mol. The molecule has 1 fully saturated rings. The van der Waals surface area contributed by atoms with Gasteiger partial charge in [0.25, 0.3) is 0 Å². The van der Waals surface area contributed by atoms with E-state index in [0.717, 1.165) is 5.56 Å². The van der Waals surface area contributed by atoms with Gasteiger partial charge in [0.15, 0.2) is 0 Å². The maximum absolute atomic E-state index is 13.5. The molecule has 3 aromatic rings. The van der Waals surface area contributed by atoms with E-state index < -0.39 is 12.6 Å². The van der Waals surface area contributed by atoms with Crippen LogP contribution in [0.1, 0.15) is 24.6 Å². The number of halogens is 3. The molecule has 1 aromatic carbocycles. The summed E-state index contributed by atoms with van der Waals surface area (Å²) in [4.78, 5) is 22.2. The van der Waals surface area contributed by atoms with Crippen molar-refractivity contribution in [2.24, 2.45) is 0 Å². The number of benzene rings is 1. The first kappa shape index (κ1) is 26.7. The summed E-state index contributed by atoms with van der Waals surface area (Å²) in [6.45, 7) is 1.36. The molecule has 1 atom stereocenters. The average molecular weight is 537 g/mol. The molecule has 2 aromatic heterocycles. The van der Waals surface area contributed by atoms with Gasteiger partial charge in [-0.25, -0.2) is 14.6 Å². The first-order chi connectivity index (χ1) is 17.9. The van der Waals surface area contributed by atoms with Crippen LogP contribution in [0.3, 0.4) is 0 Å². The van der Waals surface area contributed by atoms with Crippen molar-refractivity contribution in [1.82, 2.24) is 24.6 Å². The van der Waals surface area contributed by atoms with E-state index >= 15 is 0 Å². The fourth-order valence-corrected chi connectivity index (χ4v) is 4.25. The lowest BCUT2D eigenvalue weighted by molar-refractivity contribution is -0.156. The van der Waals surface area contributed by atoms with Crippen molar-refractivity contribution < 1.29 is 27.8 Å². The summed E-state index contributed by atoms with van der Waals surface area (Å²) in [6, 6.07) is 8.23. The minimum atomic E-state index is -2.84. The highest BCUT2D eigenvalue weighted by Gasteiger charge is 2.30. The summed E-state index contributed by atoms with van der Waals surface area (Å²) in [5.41, 5.74) is 7.41. The van der Waals surface area contributed by atoms with E-state index in [1.165, 1.54) is 12.3 Å². The molecule has 10 nitrogen and oxygen atoms in total. The molecule has 1 saturated heterocycles. The smallest absolute Gasteiger partial charge is 0.333 e. The van der Waals surface area contributed by atoms with Crippen molar-refractivity contribution in [1.29, 1.82) is 0 Å². The molecule has 13 heteroatoms. The Morgan fingerprint density at radius 1 is 1.30 bits per heavy atom. The number of carbonyl (C=O) groups is 1. The second-order valence-electron chi connectivity index (χ2n) is 8.21. The molecule has 0 radical (unpaired) electrons. The SMILES string of the molecule is CCOC(=O)[C@@H]1COCCN1CCOc1ccccc1Cc1cn(C(F)F)nc1-c1cc(Cl)nc(N)n1. The number of carbonyl (C=O) groups excluding carboxylic acids is 1. The minimum absolute atomic E-state index is 0.0769. The van der Waals surface area contributed by atoms with Gasteiger partial charge in [0.05, 0.1) is 25.5 Å². The van der Waals surface area contributed by atoms with E-state index in [0.29, 0.717) is 48.9 Å². The molecule has 198 valence electrons. The van der Waals surface area contributed by atoms with Crippen LogP contribution in [0, 0.1) is 0 Å². The molecule has 1 aliphatic heterocycles. The quantitative estimate of drug-likeness (QED) is 0.308. The summed E-state index contributed by atoms with van der Waals surface area (Å²) < 4.78 is 44.2. The van der Waals surface area contributed by atoms with Crippen molar-refractivity contribution in [3.05, 3.63) is 52.8 Å². The third-order valence-corrected chi connectivity index (χ3v) is 5.94. The lowest BCUT2D eigenvalue weighted by atomic mass is 10.0. The molecule has 2 N–H and O–H groups in total. The number of para-hydroxylation sites is 1. The summed E-state index contributed by atoms with van der Waals surface area (Å²) in [6.07, 6.45) is 1.50. The van der Waals surface area contributed by atoms with E-state index in [1.807, 2.05) is 23.1 Å². The standard InChI is InChI=1S/C24H27ClF2N6O4/c1-2-36-22(34)18-14-35-9-7-32(18)8-10-37-19-6-4-3-5-15(19)11-16-13-33(23(26)27)31-21(16)17-12-20(25)30-24(28)29-17/h3-6,12-13,18,23H,2,7-11,14H2,1H3,(H2,28,29,30)/t18-/m0/s1. The molecule has 0 unspecified atom stereocenters. The number of hydrogen-bond donors (Lipinski definition) is 1. The number of nitrogens with two attached hydrogens (primary N) is 1. The van der Waals surface area contributed by atoms with E-state index in [9.17, 15) is 13.6 Å². The normalized spacial score (nSPS) is 16.2. The van der Waals surface area contributed by atoms with Gasteiger partial charge in [0.1, 0.15) is 29.2 Å². The number of rotatable bonds is 10. The van der Waals surface area contributed by atoms with Crippen LogP contribution in [0.5, 0.6) is 5.75 Å². The lowest BCUT2D eigenvalue weighted by Crippen LogP contribution is -2.51. The Kier molecular flexibility index (Phi) is 8.85. The third kappa shape index (κ3) is 6.70. The van der Waals surface area contributed by atoms with Crippen LogP contribution in [0.2, 0.25) is 5.15 Å². The maximum atomic E-state index is 13.5. The Morgan fingerprint density at radius 2 is 2.11 bits per heavy atom. The third-order valence-electron chi connectivity index (χ3n) is 5.75. The maximum Gasteiger partial charge on any atom is 0.333 e. The number of nitrogen functional groups attached to an aromatic ring is 1. The van der Waals surface area contributed by atoms with Crippen molar-refractivity contribution in [2.75, 3.05) is 45.3 Å². The molecular formula is C24H27ClF2N6O4. The number of aromatic nitrogens is 4. The summed E-state index contributed by atoms with van der Waals surface area (Å²) in [7, 11) is 0. The zero-order chi connectivity index (χ0) is 26.4. The molecule has 0 saturated carbocycles. The van der Waals surface area contributed by atoms with Gasteiger partial charge in [-0.2, -0.15) is 13.9 Å². The van der Waals surface area contributed by atoms with Gasteiger partial charge >= 0.3 is 12.5 Å². The molecule has 1 aliphatic rings. The molecule has 0 aliphatic carbocycles. The van der Waals surface area contributed by atoms with Gasteiger partial charge in [-0.05, 0) is 18.6 Å². The fourth-order valence-electron chi connectivity index (χ4n) is 4.06. The second-order valence-corrected chi connectivity index (χ2v) is 8.59. The Hall–Kier alpha value is -3.35. The summed E-state index contributed by atoms with van der Waals surface area (Å²) in [5, 5.41) is 4.09. The largest absolute Gasteiger partial charge is 0.492 e. The number of esters is 1. The molecule has 37 heavy (non-hydrogen) atoms. The number of morpholine rings is 1. The Bertz CT molecular complexity index is 1210. The summed E-state index contributed by atoms with van der Waals surface area (Å²) in [5.74, 6) is 0.170. The van der Waals surface area contributed by atoms with E-state index in [1.54, 1.807) is 13.0 Å². The second kappa shape index (κ2) is 12.3. The number of ether oxygens (including phenoxy) is 3. The van der Waals surface area contributed by atoms with E-state index in [-0.39, 0.29) is 41.5 Å². The monoisotopic (exact) mass is 536 g/mol. The number of hydrogen-bond acceptors (Lipinski definition) is 9. The number of nitrogens with zero attached hydrogens (tertiary/aromatic N) is 5. The number of alkyl halides is 2. The zero-order valence-corrected chi connectivity index (χ0v) is 20.9. The van der Waals surface area contributed by atoms with Crippen LogP contribution in [0.4, 0.5) is 14.7 Å². The molecular weight excluding hydrogens is 510 g/mol. The molecule has 0 spiro atoms. The van der Waals surface area contributed by atoms with Crippen LogP contribution < -0.4 is 10.5 Å². The minimum Gasteiger partial charge on any atom is -0.492 e. The van der Waals surface area contributed by atoms with Gasteiger partial charge < -0.3 is 19.9 Å².